The highest BCUT2D eigenvalue weighted by Crippen LogP contribution is 2.34. The number of rotatable bonds is 13. The van der Waals surface area contributed by atoms with Gasteiger partial charge in [-0.1, -0.05) is 48.5 Å². The molecule has 4 aromatic rings. The van der Waals surface area contributed by atoms with E-state index in [1.165, 1.54) is 32.2 Å². The van der Waals surface area contributed by atoms with Crippen molar-refractivity contribution in [3.63, 3.8) is 0 Å². The van der Waals surface area contributed by atoms with E-state index in [1.54, 1.807) is 44.3 Å². The Kier molecular flexibility index (Phi) is 15.9. The first-order valence-corrected chi connectivity index (χ1v) is 17.7. The molecule has 4 rings (SSSR count). The van der Waals surface area contributed by atoms with E-state index in [0.717, 1.165) is 27.2 Å². The number of aromatic nitrogens is 2. The molecule has 0 spiro atoms. The highest BCUT2D eigenvalue weighted by Gasteiger charge is 2.35. The Labute approximate surface area is 323 Å². The van der Waals surface area contributed by atoms with Gasteiger partial charge in [-0.15, -0.1) is 0 Å². The molecular weight excluding hydrogens is 739 g/mol. The van der Waals surface area contributed by atoms with Gasteiger partial charge in [-0.3, -0.25) is 38.8 Å². The third-order valence-electron chi connectivity index (χ3n) is 9.07. The van der Waals surface area contributed by atoms with E-state index in [9.17, 15) is 27.6 Å². The van der Waals surface area contributed by atoms with Gasteiger partial charge < -0.3 is 9.47 Å². The molecule has 1 atom stereocenters. The second kappa shape index (κ2) is 19.9. The van der Waals surface area contributed by atoms with Crippen LogP contribution in [0.4, 0.5) is 22.0 Å². The van der Waals surface area contributed by atoms with Crippen LogP contribution >= 0.6 is 0 Å². The van der Waals surface area contributed by atoms with Crippen LogP contribution in [0.3, 0.4) is 0 Å². The molecule has 0 unspecified atom stereocenters. The SMILES string of the molecule is CCOC(=O)CCCN(C)[C@@H](Cn1c(=O)c(-c2cccc(OC)c2F)c(C)n(Cc2c(F)cccc2C(F)(F)F)c1=O)c1ccccc1.CN(C)C(N)=[N+](C)C. The number of carbonyl (C=O) groups excluding carboxylic acids is 1. The molecule has 304 valence electrons. The maximum Gasteiger partial charge on any atom is 0.416 e. The fourth-order valence-electron chi connectivity index (χ4n) is 6.07. The summed E-state index contributed by atoms with van der Waals surface area (Å²) < 4.78 is 86.4. The maximum absolute atomic E-state index is 15.7. The average molecular weight is 790 g/mol. The molecule has 16 heteroatoms. The lowest BCUT2D eigenvalue weighted by Crippen LogP contribution is -2.45. The molecule has 0 saturated heterocycles. The standard InChI is InChI=1S/C35H36F5N3O5.C5H13N3/c1-5-48-30(44)18-11-19-41(3)28(23-12-7-6-8-13-23)21-43-33(45)31(24-14-9-17-29(47-4)32(24)37)22(2)42(34(43)46)20-25-26(35(38,39)40)15-10-16-27(25)36;1-7(2)5(6)8(3)4/h6-10,12-17,28H,5,11,18-21H2,1-4H3;6H,1-4H3/p+1/t28-;/m0./s1. The lowest BCUT2D eigenvalue weighted by atomic mass is 10.0. The number of alkyl halides is 3. The molecule has 11 nitrogen and oxygen atoms in total. The van der Waals surface area contributed by atoms with Crippen LogP contribution in [0.2, 0.25) is 0 Å². The van der Waals surface area contributed by atoms with Crippen LogP contribution in [0.5, 0.6) is 5.75 Å². The third kappa shape index (κ3) is 11.0. The van der Waals surface area contributed by atoms with Gasteiger partial charge in [-0.25, -0.2) is 13.6 Å². The molecule has 0 aliphatic heterocycles. The molecule has 0 aliphatic carbocycles. The molecule has 0 fully saturated rings. The van der Waals surface area contributed by atoms with Crippen LogP contribution in [0.25, 0.3) is 11.1 Å². The van der Waals surface area contributed by atoms with E-state index in [2.05, 4.69) is 0 Å². The lowest BCUT2D eigenvalue weighted by Gasteiger charge is -2.29. The van der Waals surface area contributed by atoms with Crippen molar-refractivity contribution >= 4 is 11.9 Å². The van der Waals surface area contributed by atoms with Crippen molar-refractivity contribution in [1.82, 2.24) is 18.9 Å². The number of ether oxygens (including phenoxy) is 2. The molecule has 0 radical (unpaired) electrons. The Morgan fingerprint density at radius 3 is 2.14 bits per heavy atom. The van der Waals surface area contributed by atoms with Crippen LogP contribution < -0.4 is 21.7 Å². The van der Waals surface area contributed by atoms with Crippen molar-refractivity contribution < 1.29 is 40.8 Å². The molecule has 1 aromatic heterocycles. The van der Waals surface area contributed by atoms with Gasteiger partial charge in [0.15, 0.2) is 11.6 Å². The summed E-state index contributed by atoms with van der Waals surface area (Å²) in [5, 5.41) is 0. The number of guanidine groups is 1. The zero-order chi connectivity index (χ0) is 41.9. The van der Waals surface area contributed by atoms with Gasteiger partial charge in [0.1, 0.15) is 5.82 Å². The van der Waals surface area contributed by atoms with E-state index < -0.39 is 52.8 Å². The van der Waals surface area contributed by atoms with Crippen molar-refractivity contribution in [2.45, 2.75) is 52.0 Å². The Balaban J connectivity index is 0.000000946. The van der Waals surface area contributed by atoms with E-state index in [0.29, 0.717) is 24.6 Å². The van der Waals surface area contributed by atoms with Gasteiger partial charge in [0.05, 0.1) is 72.2 Å². The minimum Gasteiger partial charge on any atom is -0.494 e. The van der Waals surface area contributed by atoms with Gasteiger partial charge in [-0.05, 0) is 57.6 Å². The van der Waals surface area contributed by atoms with Crippen molar-refractivity contribution in [2.24, 2.45) is 5.73 Å². The second-order valence-electron chi connectivity index (χ2n) is 13.3. The lowest BCUT2D eigenvalue weighted by molar-refractivity contribution is -0.470. The van der Waals surface area contributed by atoms with Gasteiger partial charge in [0, 0.05) is 23.2 Å². The fourth-order valence-corrected chi connectivity index (χ4v) is 6.07. The van der Waals surface area contributed by atoms with Gasteiger partial charge in [0.2, 0.25) is 0 Å². The number of esters is 1. The summed E-state index contributed by atoms with van der Waals surface area (Å²) in [5.41, 5.74) is 1.50. The van der Waals surface area contributed by atoms with Crippen molar-refractivity contribution in [2.75, 3.05) is 55.5 Å². The van der Waals surface area contributed by atoms with Gasteiger partial charge in [0.25, 0.3) is 5.56 Å². The maximum atomic E-state index is 15.7. The predicted octanol–water partition coefficient (Wildman–Crippen LogP) is 5.49. The molecule has 56 heavy (non-hydrogen) atoms. The highest BCUT2D eigenvalue weighted by molar-refractivity contribution is 5.72. The van der Waals surface area contributed by atoms with Crippen LogP contribution in [-0.2, 0) is 28.8 Å². The molecule has 0 aliphatic rings. The van der Waals surface area contributed by atoms with E-state index >= 15 is 8.78 Å². The first kappa shape index (κ1) is 44.9. The smallest absolute Gasteiger partial charge is 0.416 e. The van der Waals surface area contributed by atoms with Crippen molar-refractivity contribution in [1.29, 1.82) is 0 Å². The molecule has 3 aromatic carbocycles. The number of nitrogens with zero attached hydrogens (tertiary/aromatic N) is 5. The normalized spacial score (nSPS) is 11.8. The number of halogens is 5. The molecule has 1 heterocycles. The van der Waals surface area contributed by atoms with E-state index in [4.69, 9.17) is 15.2 Å². The number of methoxy groups -OCH3 is 1. The number of likely N-dealkylation sites (N-methyl/N-ethyl adjacent to an activating group) is 1. The number of carbonyl (C=O) groups is 1. The fraction of sp³-hybridized carbons (Fsp3) is 0.400. The van der Waals surface area contributed by atoms with Crippen LogP contribution in [-0.4, -0.2) is 90.9 Å². The van der Waals surface area contributed by atoms with Crippen LogP contribution in [0.15, 0.2) is 76.3 Å². The first-order valence-electron chi connectivity index (χ1n) is 17.7. The second-order valence-corrected chi connectivity index (χ2v) is 13.3. The summed E-state index contributed by atoms with van der Waals surface area (Å²) in [6.45, 7) is 2.37. The summed E-state index contributed by atoms with van der Waals surface area (Å²) in [4.78, 5) is 44.0. The number of hydrogen-bond donors (Lipinski definition) is 1. The summed E-state index contributed by atoms with van der Waals surface area (Å²) in [6, 6.07) is 14.7. The zero-order valence-corrected chi connectivity index (χ0v) is 32.9. The van der Waals surface area contributed by atoms with Crippen LogP contribution in [0.1, 0.15) is 48.2 Å². The Morgan fingerprint density at radius 2 is 1.59 bits per heavy atom. The first-order chi connectivity index (χ1) is 26.3. The summed E-state index contributed by atoms with van der Waals surface area (Å²) in [5.74, 6) is -1.94. The average Bonchev–Trinajstić information content (AvgIpc) is 3.14. The monoisotopic (exact) mass is 789 g/mol. The zero-order valence-electron chi connectivity index (χ0n) is 32.9. The third-order valence-corrected chi connectivity index (χ3v) is 9.07. The quantitative estimate of drug-likeness (QED) is 0.0623. The Morgan fingerprint density at radius 1 is 0.946 bits per heavy atom. The minimum absolute atomic E-state index is 0.125. The topological polar surface area (TPSA) is 115 Å². The predicted molar refractivity (Wildman–Crippen MR) is 205 cm³/mol. The van der Waals surface area contributed by atoms with Crippen LogP contribution in [0, 0.1) is 18.6 Å². The largest absolute Gasteiger partial charge is 0.494 e. The molecule has 0 amide bonds. The molecule has 2 N–H and O–H groups in total. The highest BCUT2D eigenvalue weighted by atomic mass is 19.4. The summed E-state index contributed by atoms with van der Waals surface area (Å²) in [6.07, 6.45) is -4.43. The Bertz CT molecular complexity index is 2110. The van der Waals surface area contributed by atoms with Crippen molar-refractivity contribution in [3.8, 4) is 16.9 Å². The minimum atomic E-state index is -4.95. The van der Waals surface area contributed by atoms with E-state index in [1.807, 2.05) is 42.6 Å². The summed E-state index contributed by atoms with van der Waals surface area (Å²) >= 11 is 0. The van der Waals surface area contributed by atoms with Gasteiger partial charge >= 0.3 is 23.8 Å². The molecule has 0 saturated carbocycles. The number of benzene rings is 3. The van der Waals surface area contributed by atoms with Crippen molar-refractivity contribution in [3.05, 3.63) is 122 Å². The van der Waals surface area contributed by atoms with E-state index in [-0.39, 0.29) is 48.1 Å². The molecular formula is C40H50F5N6O5+. The number of hydrogen-bond acceptors (Lipinski definition) is 6. The van der Waals surface area contributed by atoms with Gasteiger partial charge in [-0.2, -0.15) is 13.2 Å². The number of nitrogens with two attached hydrogens (primary N) is 1. The Hall–Kier alpha value is -5.51. The molecule has 0 bridgehead atoms. The summed E-state index contributed by atoms with van der Waals surface area (Å²) in [7, 11) is 10.6.